The maximum atomic E-state index is 12.4. The lowest BCUT2D eigenvalue weighted by atomic mass is 9.68. The molecule has 1 aromatic carbocycles. The molecule has 0 heterocycles. The average Bonchev–Trinajstić information content (AvgIpc) is 2.37. The second-order valence-corrected chi connectivity index (χ2v) is 4.98. The lowest BCUT2D eigenvalue weighted by Crippen LogP contribution is -2.51. The Morgan fingerprint density at radius 2 is 2.00 bits per heavy atom. The third-order valence-electron chi connectivity index (χ3n) is 3.91. The molecule has 1 fully saturated rings. The van der Waals surface area contributed by atoms with E-state index in [0.717, 1.165) is 19.3 Å². The smallest absolute Gasteiger partial charge is 0.269 e. The van der Waals surface area contributed by atoms with E-state index in [1.54, 1.807) is 19.2 Å². The average molecular weight is 263 g/mol. The van der Waals surface area contributed by atoms with Gasteiger partial charge in [-0.05, 0) is 25.0 Å². The zero-order chi connectivity index (χ0) is 14.0. The van der Waals surface area contributed by atoms with Crippen molar-refractivity contribution in [1.82, 2.24) is 0 Å². The number of nitrogens with two attached hydrogens (primary N) is 1. The molecule has 1 aromatic rings. The summed E-state index contributed by atoms with van der Waals surface area (Å²) in [6.07, 6.45) is 2.66. The van der Waals surface area contributed by atoms with E-state index in [1.165, 1.54) is 17.0 Å². The van der Waals surface area contributed by atoms with E-state index in [-0.39, 0.29) is 11.6 Å². The maximum Gasteiger partial charge on any atom is 0.269 e. The highest BCUT2D eigenvalue weighted by Gasteiger charge is 2.44. The van der Waals surface area contributed by atoms with Gasteiger partial charge in [-0.25, -0.2) is 0 Å². The minimum absolute atomic E-state index is 0.00453. The van der Waals surface area contributed by atoms with Gasteiger partial charge in [0.2, 0.25) is 5.91 Å². The van der Waals surface area contributed by atoms with Crippen molar-refractivity contribution in [1.29, 1.82) is 0 Å². The van der Waals surface area contributed by atoms with Gasteiger partial charge in [0.1, 0.15) is 0 Å². The summed E-state index contributed by atoms with van der Waals surface area (Å²) in [5, 5.41) is 10.6. The van der Waals surface area contributed by atoms with Crippen LogP contribution in [-0.4, -0.2) is 24.4 Å². The van der Waals surface area contributed by atoms with Crippen LogP contribution in [0.3, 0.4) is 0 Å². The van der Waals surface area contributed by atoms with E-state index < -0.39 is 10.3 Å². The first kappa shape index (κ1) is 13.5. The maximum absolute atomic E-state index is 12.4. The molecule has 0 unspecified atom stereocenters. The van der Waals surface area contributed by atoms with Crippen LogP contribution >= 0.6 is 0 Å². The van der Waals surface area contributed by atoms with Gasteiger partial charge < -0.3 is 10.6 Å². The monoisotopic (exact) mass is 263 g/mol. The number of rotatable bonds is 4. The molecule has 0 spiro atoms. The quantitative estimate of drug-likeness (QED) is 0.661. The third kappa shape index (κ3) is 2.31. The van der Waals surface area contributed by atoms with Crippen molar-refractivity contribution in [2.75, 3.05) is 18.5 Å². The molecule has 0 aromatic heterocycles. The number of nitrogens with zero attached hydrogens (tertiary/aromatic N) is 2. The highest BCUT2D eigenvalue weighted by molar-refractivity contribution is 5.98. The van der Waals surface area contributed by atoms with Crippen LogP contribution < -0.4 is 10.6 Å². The Labute approximate surface area is 111 Å². The Bertz CT molecular complexity index is 489. The number of anilines is 1. The van der Waals surface area contributed by atoms with Crippen molar-refractivity contribution in [2.45, 2.75) is 19.3 Å². The molecule has 6 nitrogen and oxygen atoms in total. The zero-order valence-corrected chi connectivity index (χ0v) is 10.8. The number of nitro groups is 1. The van der Waals surface area contributed by atoms with Crippen LogP contribution in [0.4, 0.5) is 11.4 Å². The number of amides is 1. The van der Waals surface area contributed by atoms with Crippen LogP contribution in [0.5, 0.6) is 0 Å². The van der Waals surface area contributed by atoms with Gasteiger partial charge in [0.15, 0.2) is 0 Å². The molecule has 0 radical (unpaired) electrons. The summed E-state index contributed by atoms with van der Waals surface area (Å²) in [7, 11) is 1.68. The molecule has 1 aliphatic rings. The van der Waals surface area contributed by atoms with Gasteiger partial charge in [0.25, 0.3) is 5.69 Å². The fourth-order valence-electron chi connectivity index (χ4n) is 2.38. The molecule has 102 valence electrons. The second-order valence-electron chi connectivity index (χ2n) is 4.98. The Balaban J connectivity index is 2.17. The molecule has 1 amide bonds. The first-order valence-corrected chi connectivity index (χ1v) is 6.23. The van der Waals surface area contributed by atoms with Gasteiger partial charge in [-0.2, -0.15) is 0 Å². The van der Waals surface area contributed by atoms with Crippen molar-refractivity contribution < 1.29 is 9.72 Å². The van der Waals surface area contributed by atoms with Crippen LogP contribution in [0.25, 0.3) is 0 Å². The van der Waals surface area contributed by atoms with Crippen LogP contribution in [0.1, 0.15) is 19.3 Å². The Morgan fingerprint density at radius 1 is 1.42 bits per heavy atom. The van der Waals surface area contributed by atoms with E-state index >= 15 is 0 Å². The molecule has 0 atom stereocenters. The zero-order valence-electron chi connectivity index (χ0n) is 10.8. The summed E-state index contributed by atoms with van der Waals surface area (Å²) in [5.41, 5.74) is 5.94. The van der Waals surface area contributed by atoms with Gasteiger partial charge in [-0.1, -0.05) is 6.42 Å². The summed E-state index contributed by atoms with van der Waals surface area (Å²) in [6, 6.07) is 5.96. The summed E-state index contributed by atoms with van der Waals surface area (Å²) in [4.78, 5) is 24.1. The van der Waals surface area contributed by atoms with E-state index in [2.05, 4.69) is 0 Å². The van der Waals surface area contributed by atoms with Crippen LogP contribution in [-0.2, 0) is 4.79 Å². The highest BCUT2D eigenvalue weighted by Crippen LogP contribution is 2.42. The molecule has 2 rings (SSSR count). The summed E-state index contributed by atoms with van der Waals surface area (Å²) in [6.45, 7) is 0.350. The Kier molecular flexibility index (Phi) is 3.53. The van der Waals surface area contributed by atoms with Crippen molar-refractivity contribution in [3.05, 3.63) is 34.4 Å². The number of benzene rings is 1. The van der Waals surface area contributed by atoms with Crippen molar-refractivity contribution >= 4 is 17.3 Å². The van der Waals surface area contributed by atoms with Gasteiger partial charge >= 0.3 is 0 Å². The van der Waals surface area contributed by atoms with Crippen LogP contribution in [0, 0.1) is 15.5 Å². The van der Waals surface area contributed by atoms with E-state index in [1.807, 2.05) is 0 Å². The fraction of sp³-hybridized carbons (Fsp3) is 0.462. The summed E-state index contributed by atoms with van der Waals surface area (Å²) >= 11 is 0. The first-order chi connectivity index (χ1) is 9.00. The Hall–Kier alpha value is -1.95. The lowest BCUT2D eigenvalue weighted by Gasteiger charge is -2.41. The van der Waals surface area contributed by atoms with Crippen molar-refractivity contribution in [3.63, 3.8) is 0 Å². The van der Waals surface area contributed by atoms with E-state index in [9.17, 15) is 14.9 Å². The third-order valence-corrected chi connectivity index (χ3v) is 3.91. The van der Waals surface area contributed by atoms with Gasteiger partial charge in [-0.15, -0.1) is 0 Å². The predicted molar refractivity (Wildman–Crippen MR) is 71.8 cm³/mol. The van der Waals surface area contributed by atoms with Crippen molar-refractivity contribution in [3.8, 4) is 0 Å². The fourth-order valence-corrected chi connectivity index (χ4v) is 2.38. The lowest BCUT2D eigenvalue weighted by molar-refractivity contribution is -0.384. The van der Waals surface area contributed by atoms with E-state index in [0.29, 0.717) is 12.2 Å². The van der Waals surface area contributed by atoms with E-state index in [4.69, 9.17) is 5.73 Å². The SMILES string of the molecule is CN(C(=O)C1(CN)CCC1)c1ccc([N+](=O)[O-])cc1. The number of hydrogen-bond donors (Lipinski definition) is 1. The number of non-ortho nitro benzene ring substituents is 1. The topological polar surface area (TPSA) is 89.5 Å². The molecule has 0 saturated heterocycles. The number of carbonyl (C=O) groups excluding carboxylic acids is 1. The minimum atomic E-state index is -0.459. The standard InChI is InChI=1S/C13H17N3O3/c1-15(12(17)13(9-14)7-2-8-13)10-3-5-11(6-4-10)16(18)19/h3-6H,2,7-9,14H2,1H3. The molecular formula is C13H17N3O3. The molecule has 0 aliphatic heterocycles. The molecule has 6 heteroatoms. The second kappa shape index (κ2) is 4.97. The Morgan fingerprint density at radius 3 is 2.37 bits per heavy atom. The molecule has 1 aliphatic carbocycles. The molecule has 2 N–H and O–H groups in total. The highest BCUT2D eigenvalue weighted by atomic mass is 16.6. The van der Waals surface area contributed by atoms with Crippen molar-refractivity contribution in [2.24, 2.45) is 11.1 Å². The number of carbonyl (C=O) groups is 1. The molecule has 19 heavy (non-hydrogen) atoms. The first-order valence-electron chi connectivity index (χ1n) is 6.23. The number of nitro benzene ring substituents is 1. The molecule has 0 bridgehead atoms. The van der Waals surface area contributed by atoms with Crippen LogP contribution in [0.2, 0.25) is 0 Å². The van der Waals surface area contributed by atoms with Gasteiger partial charge in [-0.3, -0.25) is 14.9 Å². The molecule has 1 saturated carbocycles. The van der Waals surface area contributed by atoms with Gasteiger partial charge in [0.05, 0.1) is 10.3 Å². The summed E-state index contributed by atoms with van der Waals surface area (Å²) in [5.74, 6) is -0.00453. The number of hydrogen-bond acceptors (Lipinski definition) is 4. The van der Waals surface area contributed by atoms with Gasteiger partial charge in [0, 0.05) is 31.4 Å². The minimum Gasteiger partial charge on any atom is -0.329 e. The van der Waals surface area contributed by atoms with Crippen LogP contribution in [0.15, 0.2) is 24.3 Å². The predicted octanol–water partition coefficient (Wildman–Crippen LogP) is 1.69. The normalized spacial score (nSPS) is 16.5. The summed E-state index contributed by atoms with van der Waals surface area (Å²) < 4.78 is 0. The molecular weight excluding hydrogens is 246 g/mol. The largest absolute Gasteiger partial charge is 0.329 e.